The zero-order chi connectivity index (χ0) is 16.9. The molecule has 1 atom stereocenters. The highest BCUT2D eigenvalue weighted by molar-refractivity contribution is 5.93. The van der Waals surface area contributed by atoms with E-state index in [0.717, 1.165) is 45.3 Å². The number of hydrogen-bond donors (Lipinski definition) is 2. The van der Waals surface area contributed by atoms with Crippen molar-refractivity contribution >= 4 is 24.2 Å². The molecule has 2 fully saturated rings. The van der Waals surface area contributed by atoms with Crippen LogP contribution in [0.1, 0.15) is 42.5 Å². The summed E-state index contributed by atoms with van der Waals surface area (Å²) in [5.41, 5.74) is 0.591. The van der Waals surface area contributed by atoms with Gasteiger partial charge in [0, 0.05) is 32.9 Å². The Hall–Kier alpha value is -1.60. The maximum absolute atomic E-state index is 12.5. The summed E-state index contributed by atoms with van der Waals surface area (Å²) in [7, 11) is 1.80. The molecular formula is C17H28ClN5O2. The molecule has 0 aliphatic carbocycles. The summed E-state index contributed by atoms with van der Waals surface area (Å²) >= 11 is 0. The fourth-order valence-corrected chi connectivity index (χ4v) is 3.52. The van der Waals surface area contributed by atoms with Crippen molar-refractivity contribution < 1.29 is 9.59 Å². The molecular weight excluding hydrogens is 342 g/mol. The third kappa shape index (κ3) is 5.19. The first-order valence-electron chi connectivity index (χ1n) is 8.92. The second-order valence-corrected chi connectivity index (χ2v) is 6.88. The third-order valence-electron chi connectivity index (χ3n) is 5.05. The molecule has 8 heteroatoms. The van der Waals surface area contributed by atoms with Gasteiger partial charge in [0.2, 0.25) is 5.91 Å². The standard InChI is InChI=1S/C17H27N5O2.ClH/c1-21-12-14(11-20-21)16(23)19-10-13-5-8-22(9-6-13)17(24)15-4-2-3-7-18-15;/h11-13,15,18H,2-10H2,1H3,(H,19,23);1H. The Morgan fingerprint density at radius 3 is 2.64 bits per heavy atom. The number of rotatable bonds is 4. The highest BCUT2D eigenvalue weighted by atomic mass is 35.5. The van der Waals surface area contributed by atoms with Crippen LogP contribution in [0.4, 0.5) is 0 Å². The van der Waals surface area contributed by atoms with Gasteiger partial charge in [-0.15, -0.1) is 12.4 Å². The van der Waals surface area contributed by atoms with Crippen LogP contribution in [-0.2, 0) is 11.8 Å². The smallest absolute Gasteiger partial charge is 0.254 e. The molecule has 1 aromatic rings. The van der Waals surface area contributed by atoms with Crippen molar-refractivity contribution in [2.24, 2.45) is 13.0 Å². The first kappa shape index (κ1) is 19.7. The molecule has 0 bridgehead atoms. The van der Waals surface area contributed by atoms with E-state index in [4.69, 9.17) is 0 Å². The van der Waals surface area contributed by atoms with Crippen LogP contribution >= 0.6 is 12.4 Å². The number of nitrogens with one attached hydrogen (secondary N) is 2. The lowest BCUT2D eigenvalue weighted by atomic mass is 9.95. The van der Waals surface area contributed by atoms with Gasteiger partial charge in [0.1, 0.15) is 0 Å². The Bertz CT molecular complexity index is 577. The molecule has 1 unspecified atom stereocenters. The summed E-state index contributed by atoms with van der Waals surface area (Å²) in [6.45, 7) is 3.21. The van der Waals surface area contributed by atoms with Crippen LogP contribution in [0.15, 0.2) is 12.4 Å². The average Bonchev–Trinajstić information content (AvgIpc) is 3.07. The van der Waals surface area contributed by atoms with Crippen LogP contribution < -0.4 is 10.6 Å². The van der Waals surface area contributed by atoms with Gasteiger partial charge >= 0.3 is 0 Å². The van der Waals surface area contributed by atoms with Crippen molar-refractivity contribution in [3.8, 4) is 0 Å². The van der Waals surface area contributed by atoms with Crippen molar-refractivity contribution in [2.75, 3.05) is 26.2 Å². The molecule has 2 amide bonds. The molecule has 7 nitrogen and oxygen atoms in total. The Kier molecular flexibility index (Phi) is 7.25. The van der Waals surface area contributed by atoms with Gasteiger partial charge in [-0.1, -0.05) is 6.42 Å². The van der Waals surface area contributed by atoms with Crippen LogP contribution in [0, 0.1) is 5.92 Å². The lowest BCUT2D eigenvalue weighted by Crippen LogP contribution is -2.51. The molecule has 140 valence electrons. The van der Waals surface area contributed by atoms with Gasteiger partial charge in [-0.3, -0.25) is 14.3 Å². The van der Waals surface area contributed by atoms with Crippen LogP contribution in [0.2, 0.25) is 0 Å². The molecule has 2 N–H and O–H groups in total. The van der Waals surface area contributed by atoms with E-state index in [2.05, 4.69) is 15.7 Å². The largest absolute Gasteiger partial charge is 0.352 e. The lowest BCUT2D eigenvalue weighted by Gasteiger charge is -2.35. The monoisotopic (exact) mass is 369 g/mol. The van der Waals surface area contributed by atoms with Crippen molar-refractivity contribution in [3.05, 3.63) is 18.0 Å². The fourth-order valence-electron chi connectivity index (χ4n) is 3.52. The summed E-state index contributed by atoms with van der Waals surface area (Å²) in [4.78, 5) is 26.5. The van der Waals surface area contributed by atoms with Gasteiger partial charge in [0.05, 0.1) is 17.8 Å². The molecule has 0 saturated carbocycles. The van der Waals surface area contributed by atoms with Gasteiger partial charge in [0.15, 0.2) is 0 Å². The number of carbonyl (C=O) groups is 2. The number of hydrogen-bond acceptors (Lipinski definition) is 4. The van der Waals surface area contributed by atoms with Crippen molar-refractivity contribution in [3.63, 3.8) is 0 Å². The number of aromatic nitrogens is 2. The Morgan fingerprint density at radius 2 is 2.04 bits per heavy atom. The first-order valence-corrected chi connectivity index (χ1v) is 8.92. The van der Waals surface area contributed by atoms with Gasteiger partial charge in [-0.05, 0) is 38.1 Å². The zero-order valence-electron chi connectivity index (χ0n) is 14.7. The van der Waals surface area contributed by atoms with Crippen LogP contribution in [0.25, 0.3) is 0 Å². The molecule has 0 radical (unpaired) electrons. The Labute approximate surface area is 154 Å². The first-order chi connectivity index (χ1) is 11.6. The molecule has 0 spiro atoms. The third-order valence-corrected chi connectivity index (χ3v) is 5.05. The van der Waals surface area contributed by atoms with Gasteiger partial charge in [0.25, 0.3) is 5.91 Å². The van der Waals surface area contributed by atoms with E-state index >= 15 is 0 Å². The van der Waals surface area contributed by atoms with Crippen LogP contribution in [0.5, 0.6) is 0 Å². The Balaban J connectivity index is 0.00000225. The summed E-state index contributed by atoms with van der Waals surface area (Å²) in [5, 5.41) is 10.3. The van der Waals surface area contributed by atoms with E-state index in [1.807, 2.05) is 4.90 Å². The summed E-state index contributed by atoms with van der Waals surface area (Å²) in [6.07, 6.45) is 8.46. The topological polar surface area (TPSA) is 79.3 Å². The van der Waals surface area contributed by atoms with E-state index in [1.54, 1.807) is 24.1 Å². The van der Waals surface area contributed by atoms with Crippen molar-refractivity contribution in [1.29, 1.82) is 0 Å². The maximum Gasteiger partial charge on any atom is 0.254 e. The maximum atomic E-state index is 12.5. The molecule has 3 rings (SSSR count). The van der Waals surface area contributed by atoms with Crippen molar-refractivity contribution in [1.82, 2.24) is 25.3 Å². The number of nitrogens with zero attached hydrogens (tertiary/aromatic N) is 3. The van der Waals surface area contributed by atoms with E-state index in [9.17, 15) is 9.59 Å². The second kappa shape index (κ2) is 9.20. The van der Waals surface area contributed by atoms with E-state index in [-0.39, 0.29) is 30.3 Å². The molecule has 2 aliphatic heterocycles. The summed E-state index contributed by atoms with van der Waals surface area (Å²) in [6, 6.07) is 0.0144. The van der Waals surface area contributed by atoms with Crippen LogP contribution in [-0.4, -0.2) is 58.7 Å². The van der Waals surface area contributed by atoms with Crippen LogP contribution in [0.3, 0.4) is 0 Å². The zero-order valence-corrected chi connectivity index (χ0v) is 15.6. The molecule has 3 heterocycles. The van der Waals surface area contributed by atoms with Crippen molar-refractivity contribution in [2.45, 2.75) is 38.1 Å². The highest BCUT2D eigenvalue weighted by Crippen LogP contribution is 2.19. The minimum atomic E-state index is -0.0759. The molecule has 0 aromatic carbocycles. The number of amides is 2. The number of aryl methyl sites for hydroxylation is 1. The Morgan fingerprint density at radius 1 is 1.28 bits per heavy atom. The molecule has 2 saturated heterocycles. The second-order valence-electron chi connectivity index (χ2n) is 6.88. The molecule has 2 aliphatic rings. The van der Waals surface area contributed by atoms with E-state index in [1.165, 1.54) is 6.42 Å². The minimum Gasteiger partial charge on any atom is -0.352 e. The van der Waals surface area contributed by atoms with E-state index in [0.29, 0.717) is 18.0 Å². The average molecular weight is 370 g/mol. The molecule has 1 aromatic heterocycles. The number of halogens is 1. The SMILES string of the molecule is Cl.Cn1cc(C(=O)NCC2CCN(C(=O)C3CCCCN3)CC2)cn1. The van der Waals surface area contributed by atoms with Gasteiger partial charge < -0.3 is 15.5 Å². The quantitative estimate of drug-likeness (QED) is 0.828. The molecule has 25 heavy (non-hydrogen) atoms. The van der Waals surface area contributed by atoms with Gasteiger partial charge in [-0.25, -0.2) is 0 Å². The predicted octanol–water partition coefficient (Wildman–Crippen LogP) is 0.952. The normalized spacial score (nSPS) is 21.5. The van der Waals surface area contributed by atoms with E-state index < -0.39 is 0 Å². The number of likely N-dealkylation sites (tertiary alicyclic amines) is 1. The minimum absolute atomic E-state index is 0. The highest BCUT2D eigenvalue weighted by Gasteiger charge is 2.29. The van der Waals surface area contributed by atoms with Gasteiger partial charge in [-0.2, -0.15) is 5.10 Å². The number of carbonyl (C=O) groups excluding carboxylic acids is 2. The summed E-state index contributed by atoms with van der Waals surface area (Å²) < 4.78 is 1.62. The lowest BCUT2D eigenvalue weighted by molar-refractivity contribution is -0.135. The predicted molar refractivity (Wildman–Crippen MR) is 97.7 cm³/mol. The fraction of sp³-hybridized carbons (Fsp3) is 0.706. The number of piperidine rings is 2. The summed E-state index contributed by atoms with van der Waals surface area (Å²) in [5.74, 6) is 0.620.